The molecule has 1 heterocycles. The predicted octanol–water partition coefficient (Wildman–Crippen LogP) is 4.78. The zero-order chi connectivity index (χ0) is 14.1. The third kappa shape index (κ3) is 8.26. The highest BCUT2D eigenvalue weighted by molar-refractivity contribution is 7.09. The van der Waals surface area contributed by atoms with Gasteiger partial charge >= 0.3 is 6.18 Å². The largest absolute Gasteiger partial charge is 0.389 e. The van der Waals surface area contributed by atoms with E-state index in [2.05, 4.69) is 11.4 Å². The first-order valence-corrected chi connectivity index (χ1v) is 7.71. The topological polar surface area (TPSA) is 12.0 Å². The van der Waals surface area contributed by atoms with E-state index in [1.807, 2.05) is 18.4 Å². The molecule has 0 bridgehead atoms. The quantitative estimate of drug-likeness (QED) is 0.691. The molecule has 110 valence electrons. The Kier molecular flexibility index (Phi) is 7.46. The first kappa shape index (κ1) is 16.5. The number of halogens is 3. The molecule has 0 radical (unpaired) electrons. The highest BCUT2D eigenvalue weighted by Crippen LogP contribution is 2.23. The van der Waals surface area contributed by atoms with Crippen LogP contribution in [0.15, 0.2) is 17.5 Å². The fourth-order valence-corrected chi connectivity index (χ4v) is 2.76. The molecule has 0 saturated heterocycles. The lowest BCUT2D eigenvalue weighted by Gasteiger charge is -2.19. The van der Waals surface area contributed by atoms with Crippen molar-refractivity contribution in [3.63, 3.8) is 0 Å². The second kappa shape index (κ2) is 8.59. The molecule has 0 aliphatic rings. The average molecular weight is 293 g/mol. The van der Waals surface area contributed by atoms with Crippen LogP contribution < -0.4 is 5.32 Å². The van der Waals surface area contributed by atoms with Crippen LogP contribution >= 0.6 is 11.3 Å². The smallest absolute Gasteiger partial charge is 0.314 e. The van der Waals surface area contributed by atoms with Gasteiger partial charge in [-0.25, -0.2) is 0 Å². The summed E-state index contributed by atoms with van der Waals surface area (Å²) in [6.45, 7) is 2.82. The Bertz CT molecular complexity index is 322. The van der Waals surface area contributed by atoms with E-state index in [1.165, 1.54) is 4.88 Å². The fourth-order valence-electron chi connectivity index (χ4n) is 2.01. The fraction of sp³-hybridized carbons (Fsp3) is 0.714. The summed E-state index contributed by atoms with van der Waals surface area (Å²) in [6.07, 6.45) is -0.865. The van der Waals surface area contributed by atoms with Crippen molar-refractivity contribution in [3.8, 4) is 0 Å². The van der Waals surface area contributed by atoms with Gasteiger partial charge in [0.2, 0.25) is 0 Å². The minimum atomic E-state index is -4.04. The van der Waals surface area contributed by atoms with E-state index in [4.69, 9.17) is 0 Å². The summed E-state index contributed by atoms with van der Waals surface area (Å²) in [5.41, 5.74) is 0. The maximum Gasteiger partial charge on any atom is 0.389 e. The zero-order valence-electron chi connectivity index (χ0n) is 11.3. The highest BCUT2D eigenvalue weighted by atomic mass is 32.1. The summed E-state index contributed by atoms with van der Waals surface area (Å²) >= 11 is 1.71. The molecule has 1 aromatic rings. The van der Waals surface area contributed by atoms with E-state index in [-0.39, 0.29) is 12.5 Å². The van der Waals surface area contributed by atoms with Crippen molar-refractivity contribution in [2.24, 2.45) is 0 Å². The van der Waals surface area contributed by atoms with Gasteiger partial charge in [-0.2, -0.15) is 13.2 Å². The van der Waals surface area contributed by atoms with Gasteiger partial charge in [-0.15, -0.1) is 11.3 Å². The van der Waals surface area contributed by atoms with E-state index < -0.39 is 12.6 Å². The second-order valence-electron chi connectivity index (χ2n) is 4.78. The van der Waals surface area contributed by atoms with Crippen molar-refractivity contribution in [1.29, 1.82) is 0 Å². The highest BCUT2D eigenvalue weighted by Gasteiger charge is 2.28. The van der Waals surface area contributed by atoms with Gasteiger partial charge in [0.1, 0.15) is 0 Å². The Morgan fingerprint density at radius 2 is 2.11 bits per heavy atom. The molecular weight excluding hydrogens is 271 g/mol. The van der Waals surface area contributed by atoms with Crippen molar-refractivity contribution in [1.82, 2.24) is 5.32 Å². The molecule has 0 aliphatic carbocycles. The third-order valence-electron chi connectivity index (χ3n) is 3.02. The van der Waals surface area contributed by atoms with Gasteiger partial charge < -0.3 is 5.32 Å². The molecule has 0 fully saturated rings. The van der Waals surface area contributed by atoms with Crippen LogP contribution in [-0.4, -0.2) is 18.8 Å². The van der Waals surface area contributed by atoms with Gasteiger partial charge in [-0.1, -0.05) is 13.0 Å². The summed E-state index contributed by atoms with van der Waals surface area (Å²) in [7, 11) is 0. The Balaban J connectivity index is 2.27. The zero-order valence-corrected chi connectivity index (χ0v) is 12.1. The van der Waals surface area contributed by atoms with E-state index in [0.717, 1.165) is 32.2 Å². The Labute approximate surface area is 117 Å². The van der Waals surface area contributed by atoms with Crippen molar-refractivity contribution >= 4 is 11.3 Å². The molecule has 0 saturated carbocycles. The van der Waals surface area contributed by atoms with E-state index in [1.54, 1.807) is 11.3 Å². The number of hydrogen-bond acceptors (Lipinski definition) is 2. The van der Waals surface area contributed by atoms with Crippen LogP contribution in [-0.2, 0) is 6.42 Å². The number of alkyl halides is 3. The lowest BCUT2D eigenvalue weighted by Crippen LogP contribution is -2.31. The molecule has 1 rings (SSSR count). The van der Waals surface area contributed by atoms with Crippen LogP contribution in [0, 0.1) is 0 Å². The van der Waals surface area contributed by atoms with Gasteiger partial charge in [0.15, 0.2) is 0 Å². The summed E-state index contributed by atoms with van der Waals surface area (Å²) in [6, 6.07) is 4.08. The summed E-state index contributed by atoms with van der Waals surface area (Å²) < 4.78 is 36.8. The lowest BCUT2D eigenvalue weighted by molar-refractivity contribution is -0.136. The van der Waals surface area contributed by atoms with E-state index >= 15 is 0 Å². The summed E-state index contributed by atoms with van der Waals surface area (Å²) in [4.78, 5) is 1.31. The van der Waals surface area contributed by atoms with Crippen molar-refractivity contribution in [3.05, 3.63) is 22.4 Å². The molecule has 5 heteroatoms. The molecule has 1 unspecified atom stereocenters. The maximum absolute atomic E-state index is 12.3. The molecular formula is C14H22F3NS. The molecule has 0 amide bonds. The molecule has 1 N–H and O–H groups in total. The van der Waals surface area contributed by atoms with Crippen LogP contribution in [0.5, 0.6) is 0 Å². The van der Waals surface area contributed by atoms with Gasteiger partial charge in [0.05, 0.1) is 0 Å². The van der Waals surface area contributed by atoms with Crippen molar-refractivity contribution < 1.29 is 13.2 Å². The standard InChI is InChI=1S/C14H22F3NS/c1-2-10-18-12(8-9-14(15,16)17)5-3-6-13-7-4-11-19-13/h4,7,11-12,18H,2-3,5-6,8-10H2,1H3. The molecule has 19 heavy (non-hydrogen) atoms. The Hall–Kier alpha value is -0.550. The first-order chi connectivity index (χ1) is 9.01. The Morgan fingerprint density at radius 3 is 2.68 bits per heavy atom. The normalized spacial score (nSPS) is 13.7. The molecule has 1 atom stereocenters. The monoisotopic (exact) mass is 293 g/mol. The van der Waals surface area contributed by atoms with Crippen LogP contribution in [0.1, 0.15) is 43.9 Å². The van der Waals surface area contributed by atoms with E-state index in [9.17, 15) is 13.2 Å². The van der Waals surface area contributed by atoms with Crippen LogP contribution in [0.4, 0.5) is 13.2 Å². The SMILES string of the molecule is CCCNC(CCCc1cccs1)CCC(F)(F)F. The number of hydrogen-bond donors (Lipinski definition) is 1. The number of rotatable bonds is 9. The van der Waals surface area contributed by atoms with Crippen LogP contribution in [0.3, 0.4) is 0 Å². The molecule has 1 nitrogen and oxygen atoms in total. The predicted molar refractivity (Wildman–Crippen MR) is 74.6 cm³/mol. The first-order valence-electron chi connectivity index (χ1n) is 6.84. The molecule has 0 aromatic carbocycles. The van der Waals surface area contributed by atoms with Gasteiger partial charge in [-0.05, 0) is 50.1 Å². The minimum absolute atomic E-state index is 0.0125. The van der Waals surface area contributed by atoms with Crippen LogP contribution in [0.25, 0.3) is 0 Å². The molecule has 1 aromatic heterocycles. The summed E-state index contributed by atoms with van der Waals surface area (Å²) in [5.74, 6) is 0. The molecule has 0 spiro atoms. The second-order valence-corrected chi connectivity index (χ2v) is 5.81. The number of thiophene rings is 1. The van der Waals surface area contributed by atoms with Crippen molar-refractivity contribution in [2.45, 2.75) is 57.7 Å². The van der Waals surface area contributed by atoms with Crippen LogP contribution in [0.2, 0.25) is 0 Å². The number of nitrogens with one attached hydrogen (secondary N) is 1. The molecule has 0 aliphatic heterocycles. The minimum Gasteiger partial charge on any atom is -0.314 e. The third-order valence-corrected chi connectivity index (χ3v) is 3.95. The van der Waals surface area contributed by atoms with E-state index in [0.29, 0.717) is 0 Å². The summed E-state index contributed by atoms with van der Waals surface area (Å²) in [5, 5.41) is 5.26. The van der Waals surface area contributed by atoms with Gasteiger partial charge in [-0.3, -0.25) is 0 Å². The maximum atomic E-state index is 12.3. The van der Waals surface area contributed by atoms with Gasteiger partial charge in [0.25, 0.3) is 0 Å². The van der Waals surface area contributed by atoms with Crippen molar-refractivity contribution in [2.75, 3.05) is 6.54 Å². The lowest BCUT2D eigenvalue weighted by atomic mass is 10.0. The van der Waals surface area contributed by atoms with Gasteiger partial charge in [0, 0.05) is 17.3 Å². The number of aryl methyl sites for hydroxylation is 1. The Morgan fingerprint density at radius 1 is 1.32 bits per heavy atom. The average Bonchev–Trinajstić information content (AvgIpc) is 2.84.